The zero-order valence-electron chi connectivity index (χ0n) is 9.25. The van der Waals surface area contributed by atoms with E-state index in [0.717, 1.165) is 0 Å². The first-order valence-electron chi connectivity index (χ1n) is 4.86. The lowest BCUT2D eigenvalue weighted by Gasteiger charge is -2.10. The van der Waals surface area contributed by atoms with E-state index in [1.54, 1.807) is 25.3 Å². The van der Waals surface area contributed by atoms with Crippen molar-refractivity contribution in [1.29, 1.82) is 5.26 Å². The number of hydrogen-bond acceptors (Lipinski definition) is 3. The molecule has 0 bridgehead atoms. The fourth-order valence-electron chi connectivity index (χ4n) is 1.38. The van der Waals surface area contributed by atoms with Gasteiger partial charge in [-0.15, -0.1) is 0 Å². The SMILES string of the molecule is CC/C(C#N)=C(/N)c1cc(Cl)ccc1OC. The van der Waals surface area contributed by atoms with E-state index >= 15 is 0 Å². The van der Waals surface area contributed by atoms with Crippen molar-refractivity contribution in [3.8, 4) is 11.8 Å². The van der Waals surface area contributed by atoms with Gasteiger partial charge in [0.15, 0.2) is 0 Å². The molecule has 1 rings (SSSR count). The molecule has 0 amide bonds. The number of methoxy groups -OCH3 is 1. The topological polar surface area (TPSA) is 59.0 Å². The quantitative estimate of drug-likeness (QED) is 0.821. The van der Waals surface area contributed by atoms with Gasteiger partial charge in [-0.3, -0.25) is 0 Å². The fourth-order valence-corrected chi connectivity index (χ4v) is 1.56. The van der Waals surface area contributed by atoms with Crippen LogP contribution in [0.4, 0.5) is 0 Å². The van der Waals surface area contributed by atoms with Crippen LogP contribution < -0.4 is 10.5 Å². The second kappa shape index (κ2) is 5.43. The summed E-state index contributed by atoms with van der Waals surface area (Å²) in [5, 5.41) is 9.49. The van der Waals surface area contributed by atoms with Crippen LogP contribution in [0.3, 0.4) is 0 Å². The number of hydrogen-bond donors (Lipinski definition) is 1. The molecule has 0 aliphatic heterocycles. The van der Waals surface area contributed by atoms with Gasteiger partial charge in [0.25, 0.3) is 0 Å². The number of nitrogens with two attached hydrogens (primary N) is 1. The summed E-state index contributed by atoms with van der Waals surface area (Å²) in [7, 11) is 1.55. The lowest BCUT2D eigenvalue weighted by molar-refractivity contribution is 0.413. The van der Waals surface area contributed by atoms with Crippen LogP contribution in [0.1, 0.15) is 18.9 Å². The molecule has 0 aliphatic carbocycles. The molecule has 0 atom stereocenters. The molecule has 0 unspecified atom stereocenters. The molecule has 0 aromatic heterocycles. The fraction of sp³-hybridized carbons (Fsp3) is 0.250. The molecule has 3 nitrogen and oxygen atoms in total. The Morgan fingerprint density at radius 2 is 2.25 bits per heavy atom. The Hall–Kier alpha value is -1.66. The molecule has 2 N–H and O–H groups in total. The lowest BCUT2D eigenvalue weighted by Crippen LogP contribution is -2.03. The van der Waals surface area contributed by atoms with E-state index in [2.05, 4.69) is 6.07 Å². The number of rotatable bonds is 3. The van der Waals surface area contributed by atoms with Crippen LogP contribution in [0, 0.1) is 11.3 Å². The Kier molecular flexibility index (Phi) is 4.21. The van der Waals surface area contributed by atoms with Crippen LogP contribution in [-0.2, 0) is 0 Å². The molecule has 0 heterocycles. The summed E-state index contributed by atoms with van der Waals surface area (Å²) in [6.45, 7) is 1.88. The van der Waals surface area contributed by atoms with E-state index in [1.807, 2.05) is 6.92 Å². The average Bonchev–Trinajstić information content (AvgIpc) is 2.30. The Balaban J connectivity index is 3.37. The lowest BCUT2D eigenvalue weighted by atomic mass is 10.0. The van der Waals surface area contributed by atoms with Gasteiger partial charge in [0.2, 0.25) is 0 Å². The number of allylic oxidation sites excluding steroid dienone is 1. The van der Waals surface area contributed by atoms with Gasteiger partial charge in [-0.25, -0.2) is 0 Å². The number of benzene rings is 1. The first kappa shape index (κ1) is 12.4. The molecule has 4 heteroatoms. The van der Waals surface area contributed by atoms with Crippen molar-refractivity contribution >= 4 is 17.3 Å². The molecule has 0 radical (unpaired) electrons. The van der Waals surface area contributed by atoms with Gasteiger partial charge in [0.1, 0.15) is 5.75 Å². The van der Waals surface area contributed by atoms with E-state index in [4.69, 9.17) is 27.3 Å². The smallest absolute Gasteiger partial charge is 0.128 e. The Labute approximate surface area is 100 Å². The van der Waals surface area contributed by atoms with Crippen LogP contribution in [0.5, 0.6) is 5.75 Å². The van der Waals surface area contributed by atoms with Gasteiger partial charge in [-0.05, 0) is 24.6 Å². The second-order valence-corrected chi connectivity index (χ2v) is 3.64. The molecular formula is C12H13ClN2O. The molecular weight excluding hydrogens is 224 g/mol. The van der Waals surface area contributed by atoms with Crippen LogP contribution in [0.2, 0.25) is 5.02 Å². The molecule has 0 aliphatic rings. The minimum atomic E-state index is 0.421. The summed E-state index contributed by atoms with van der Waals surface area (Å²) in [4.78, 5) is 0. The summed E-state index contributed by atoms with van der Waals surface area (Å²) in [6.07, 6.45) is 0.581. The first-order chi connectivity index (χ1) is 7.63. The molecule has 0 saturated heterocycles. The molecule has 1 aromatic rings. The maximum Gasteiger partial charge on any atom is 0.128 e. The van der Waals surface area contributed by atoms with Crippen LogP contribution in [-0.4, -0.2) is 7.11 Å². The van der Waals surface area contributed by atoms with Gasteiger partial charge < -0.3 is 10.5 Å². The Bertz CT molecular complexity index is 461. The van der Waals surface area contributed by atoms with Crippen molar-refractivity contribution in [2.24, 2.45) is 5.73 Å². The van der Waals surface area contributed by atoms with Gasteiger partial charge in [0.05, 0.1) is 24.4 Å². The molecule has 0 saturated carbocycles. The second-order valence-electron chi connectivity index (χ2n) is 3.20. The van der Waals surface area contributed by atoms with Crippen LogP contribution in [0.25, 0.3) is 5.70 Å². The van der Waals surface area contributed by atoms with E-state index in [0.29, 0.717) is 34.0 Å². The van der Waals surface area contributed by atoms with Crippen molar-refractivity contribution < 1.29 is 4.74 Å². The van der Waals surface area contributed by atoms with Crippen molar-refractivity contribution in [3.63, 3.8) is 0 Å². The van der Waals surface area contributed by atoms with Crippen LogP contribution >= 0.6 is 11.6 Å². The van der Waals surface area contributed by atoms with Gasteiger partial charge >= 0.3 is 0 Å². The van der Waals surface area contributed by atoms with E-state index in [-0.39, 0.29) is 0 Å². The predicted molar refractivity (Wildman–Crippen MR) is 65.0 cm³/mol. The average molecular weight is 237 g/mol. The zero-order valence-corrected chi connectivity index (χ0v) is 10.0. The molecule has 0 spiro atoms. The molecule has 16 heavy (non-hydrogen) atoms. The van der Waals surface area contributed by atoms with E-state index in [1.165, 1.54) is 0 Å². The summed E-state index contributed by atoms with van der Waals surface area (Å²) in [6, 6.07) is 7.22. The Morgan fingerprint density at radius 1 is 1.56 bits per heavy atom. The number of nitrogens with zero attached hydrogens (tertiary/aromatic N) is 1. The van der Waals surface area contributed by atoms with E-state index < -0.39 is 0 Å². The number of halogens is 1. The maximum absolute atomic E-state index is 8.93. The molecule has 0 fully saturated rings. The summed E-state index contributed by atoms with van der Waals surface area (Å²) in [5.41, 5.74) is 7.53. The third-order valence-electron chi connectivity index (χ3n) is 2.27. The van der Waals surface area contributed by atoms with Crippen LogP contribution in [0.15, 0.2) is 23.8 Å². The highest BCUT2D eigenvalue weighted by Gasteiger charge is 2.10. The third kappa shape index (κ3) is 2.47. The van der Waals surface area contributed by atoms with Crippen molar-refractivity contribution in [2.75, 3.05) is 7.11 Å². The Morgan fingerprint density at radius 3 is 2.75 bits per heavy atom. The standard InChI is InChI=1S/C12H13ClN2O/c1-3-8(7-14)12(15)10-6-9(13)4-5-11(10)16-2/h4-6H,3,15H2,1-2H3/b12-8-. The molecule has 84 valence electrons. The predicted octanol–water partition coefficient (Wildman–Crippen LogP) is 2.95. The third-order valence-corrected chi connectivity index (χ3v) is 2.50. The number of nitriles is 1. The minimum Gasteiger partial charge on any atom is -0.496 e. The van der Waals surface area contributed by atoms with Crippen molar-refractivity contribution in [2.45, 2.75) is 13.3 Å². The van der Waals surface area contributed by atoms with Crippen molar-refractivity contribution in [3.05, 3.63) is 34.4 Å². The van der Waals surface area contributed by atoms with E-state index in [9.17, 15) is 0 Å². The normalized spacial score (nSPS) is 11.6. The minimum absolute atomic E-state index is 0.421. The highest BCUT2D eigenvalue weighted by molar-refractivity contribution is 6.30. The largest absolute Gasteiger partial charge is 0.496 e. The number of ether oxygens (including phenoxy) is 1. The summed E-state index contributed by atoms with van der Waals surface area (Å²) in [5.74, 6) is 0.614. The molecule has 1 aromatic carbocycles. The first-order valence-corrected chi connectivity index (χ1v) is 5.24. The van der Waals surface area contributed by atoms with Crippen molar-refractivity contribution in [1.82, 2.24) is 0 Å². The summed E-state index contributed by atoms with van der Waals surface area (Å²) < 4.78 is 5.18. The van der Waals surface area contributed by atoms with Gasteiger partial charge in [-0.1, -0.05) is 18.5 Å². The van der Waals surface area contributed by atoms with Gasteiger partial charge in [-0.2, -0.15) is 5.26 Å². The maximum atomic E-state index is 8.93. The zero-order chi connectivity index (χ0) is 12.1. The highest BCUT2D eigenvalue weighted by Crippen LogP contribution is 2.28. The summed E-state index contributed by atoms with van der Waals surface area (Å²) >= 11 is 5.89. The highest BCUT2D eigenvalue weighted by atomic mass is 35.5. The monoisotopic (exact) mass is 236 g/mol. The van der Waals surface area contributed by atoms with Gasteiger partial charge in [0, 0.05) is 10.6 Å².